The molecule has 6 aromatic rings. The average molecular weight is 695 g/mol. The third-order valence-electron chi connectivity index (χ3n) is 6.93. The van der Waals surface area contributed by atoms with Crippen LogP contribution in [0.3, 0.4) is 0 Å². The van der Waals surface area contributed by atoms with Crippen LogP contribution < -0.4 is 0 Å². The van der Waals surface area contributed by atoms with Crippen LogP contribution in [0.1, 0.15) is 32.6 Å². The number of pyridine rings is 2. The van der Waals surface area contributed by atoms with Crippen molar-refractivity contribution >= 4 is 16.6 Å². The quantitative estimate of drug-likeness (QED) is 0.171. The summed E-state index contributed by atoms with van der Waals surface area (Å²) < 4.78 is 0. The Bertz CT molecular complexity index is 1820. The predicted octanol–water partition coefficient (Wildman–Crippen LogP) is 8.38. The minimum Gasteiger partial charge on any atom is -0.304 e. The molecule has 197 valence electrons. The van der Waals surface area contributed by atoms with Crippen molar-refractivity contribution in [1.82, 2.24) is 9.97 Å². The Kier molecular flexibility index (Phi) is 7.84. The van der Waals surface area contributed by atoms with Crippen molar-refractivity contribution in [2.75, 3.05) is 0 Å². The first-order valence-electron chi connectivity index (χ1n) is 13.0. The zero-order chi connectivity index (χ0) is 26.9. The van der Waals surface area contributed by atoms with E-state index in [0.29, 0.717) is 0 Å². The van der Waals surface area contributed by atoms with Crippen molar-refractivity contribution in [2.24, 2.45) is 0 Å². The molecule has 3 nitrogen and oxygen atoms in total. The number of hydrogen-bond acceptors (Lipinski definition) is 3. The van der Waals surface area contributed by atoms with Crippen LogP contribution in [0, 0.1) is 32.9 Å². The van der Waals surface area contributed by atoms with Gasteiger partial charge in [-0.2, -0.15) is 0 Å². The molecule has 2 aromatic heterocycles. The SMILES string of the molecule is Cc1[c-]c(-c2nccc3c4c(ccc23)C(=O)c2ccccc2-4)cc(C)c1.Cc1ccc(-c2[c-]cccc2)nc1.[Ir]. The standard InChI is InChI=1S/C24H16NO.C12H10N.Ir/c1-14-11-15(2)13-16(12-14)23-19-7-8-21-22(18(19)9-10-25-23)17-5-3-4-6-20(17)24(21)26;1-10-7-8-12(13-9-10)11-5-3-2-4-6-11;/h3-12H,1-2H3;2-5,7-9H,1H3;/q2*-1;. The number of carbonyl (C=O) groups is 1. The molecule has 0 saturated heterocycles. The van der Waals surface area contributed by atoms with Gasteiger partial charge < -0.3 is 9.97 Å². The molecule has 4 aromatic carbocycles. The zero-order valence-electron chi connectivity index (χ0n) is 22.5. The second kappa shape index (κ2) is 11.5. The molecule has 0 aliphatic heterocycles. The molecule has 0 spiro atoms. The number of benzene rings is 4. The van der Waals surface area contributed by atoms with E-state index in [2.05, 4.69) is 47.2 Å². The Balaban J connectivity index is 0.000000195. The molecular formula is C36H26IrN2O-2. The van der Waals surface area contributed by atoms with E-state index in [-0.39, 0.29) is 25.9 Å². The maximum Gasteiger partial charge on any atom is 0.194 e. The molecule has 0 atom stereocenters. The summed E-state index contributed by atoms with van der Waals surface area (Å²) in [5, 5.41) is 2.12. The molecule has 1 aliphatic carbocycles. The number of carbonyl (C=O) groups excluding carboxylic acids is 1. The number of ketones is 1. The molecule has 1 aliphatic rings. The van der Waals surface area contributed by atoms with Crippen molar-refractivity contribution in [2.45, 2.75) is 20.8 Å². The van der Waals surface area contributed by atoms with Crippen molar-refractivity contribution in [3.05, 3.63) is 143 Å². The van der Waals surface area contributed by atoms with Crippen molar-refractivity contribution in [3.8, 4) is 33.6 Å². The predicted molar refractivity (Wildman–Crippen MR) is 158 cm³/mol. The first-order chi connectivity index (χ1) is 19.0. The van der Waals surface area contributed by atoms with Crippen molar-refractivity contribution in [3.63, 3.8) is 0 Å². The van der Waals surface area contributed by atoms with Crippen LogP contribution in [0.25, 0.3) is 44.4 Å². The van der Waals surface area contributed by atoms with Crippen molar-refractivity contribution < 1.29 is 24.9 Å². The van der Waals surface area contributed by atoms with Gasteiger partial charge in [-0.3, -0.25) is 4.79 Å². The topological polar surface area (TPSA) is 42.9 Å². The Morgan fingerprint density at radius 1 is 0.675 bits per heavy atom. The number of nitrogens with zero attached hydrogens (tertiary/aromatic N) is 2. The number of aromatic nitrogens is 2. The van der Waals surface area contributed by atoms with Gasteiger partial charge in [0.1, 0.15) is 0 Å². The third kappa shape index (κ3) is 5.16. The van der Waals surface area contributed by atoms with Gasteiger partial charge in [-0.05, 0) is 46.3 Å². The smallest absolute Gasteiger partial charge is 0.194 e. The molecule has 7 rings (SSSR count). The van der Waals surface area contributed by atoms with E-state index >= 15 is 0 Å². The fourth-order valence-electron chi connectivity index (χ4n) is 5.20. The third-order valence-corrected chi connectivity index (χ3v) is 6.93. The normalized spacial score (nSPS) is 11.2. The second-order valence-electron chi connectivity index (χ2n) is 9.87. The molecule has 0 fully saturated rings. The summed E-state index contributed by atoms with van der Waals surface area (Å²) in [4.78, 5) is 21.7. The van der Waals surface area contributed by atoms with Crippen molar-refractivity contribution in [1.29, 1.82) is 0 Å². The first-order valence-corrected chi connectivity index (χ1v) is 13.0. The van der Waals surface area contributed by atoms with Gasteiger partial charge in [0.25, 0.3) is 0 Å². The van der Waals surface area contributed by atoms with Gasteiger partial charge in [-0.25, -0.2) is 0 Å². The van der Waals surface area contributed by atoms with E-state index in [1.807, 2.05) is 99.0 Å². The molecule has 0 amide bonds. The Morgan fingerprint density at radius 3 is 2.20 bits per heavy atom. The van der Waals surface area contributed by atoms with Crippen LogP contribution in [-0.4, -0.2) is 15.8 Å². The monoisotopic (exact) mass is 695 g/mol. The molecular weight excluding hydrogens is 669 g/mol. The molecule has 0 saturated carbocycles. The Morgan fingerprint density at radius 2 is 1.48 bits per heavy atom. The van der Waals surface area contributed by atoms with Gasteiger partial charge in [0.15, 0.2) is 5.78 Å². The minimum absolute atomic E-state index is 0. The van der Waals surface area contributed by atoms with E-state index in [0.717, 1.165) is 61.1 Å². The largest absolute Gasteiger partial charge is 0.304 e. The van der Waals surface area contributed by atoms with Crippen LogP contribution in [0.4, 0.5) is 0 Å². The van der Waals surface area contributed by atoms with E-state index in [9.17, 15) is 4.79 Å². The fourth-order valence-corrected chi connectivity index (χ4v) is 5.20. The van der Waals surface area contributed by atoms with Crippen LogP contribution in [0.15, 0.2) is 103 Å². The minimum atomic E-state index is 0. The molecule has 4 heteroatoms. The van der Waals surface area contributed by atoms with Gasteiger partial charge in [-0.1, -0.05) is 62.4 Å². The zero-order valence-corrected chi connectivity index (χ0v) is 24.8. The second-order valence-corrected chi connectivity index (χ2v) is 9.87. The summed E-state index contributed by atoms with van der Waals surface area (Å²) >= 11 is 0. The van der Waals surface area contributed by atoms with Gasteiger partial charge in [0.2, 0.25) is 0 Å². The average Bonchev–Trinajstić information content (AvgIpc) is 3.26. The fraction of sp³-hybridized carbons (Fsp3) is 0.0833. The summed E-state index contributed by atoms with van der Waals surface area (Å²) in [6.45, 7) is 6.17. The Labute approximate surface area is 248 Å². The van der Waals surface area contributed by atoms with Crippen LogP contribution in [0.5, 0.6) is 0 Å². The van der Waals surface area contributed by atoms with Crippen LogP contribution in [0.2, 0.25) is 0 Å². The summed E-state index contributed by atoms with van der Waals surface area (Å²) in [6, 6.07) is 36.5. The van der Waals surface area contributed by atoms with Gasteiger partial charge in [0.05, 0.1) is 0 Å². The molecule has 0 N–H and O–H groups in total. The van der Waals surface area contributed by atoms with E-state index in [1.165, 1.54) is 11.1 Å². The Hall–Kier alpha value is -4.24. The number of rotatable bonds is 2. The van der Waals surface area contributed by atoms with Gasteiger partial charge in [-0.15, -0.1) is 70.8 Å². The van der Waals surface area contributed by atoms with E-state index < -0.39 is 0 Å². The molecule has 1 radical (unpaired) electrons. The van der Waals surface area contributed by atoms with E-state index in [1.54, 1.807) is 0 Å². The van der Waals surface area contributed by atoms with E-state index in [4.69, 9.17) is 0 Å². The molecule has 40 heavy (non-hydrogen) atoms. The summed E-state index contributed by atoms with van der Waals surface area (Å²) in [7, 11) is 0. The number of hydrogen-bond donors (Lipinski definition) is 0. The molecule has 2 heterocycles. The molecule has 0 bridgehead atoms. The van der Waals surface area contributed by atoms with Gasteiger partial charge in [0, 0.05) is 49.2 Å². The molecule has 0 unspecified atom stereocenters. The maximum absolute atomic E-state index is 12.8. The summed E-state index contributed by atoms with van der Waals surface area (Å²) in [5.74, 6) is 0.105. The summed E-state index contributed by atoms with van der Waals surface area (Å²) in [6.07, 6.45) is 3.70. The van der Waals surface area contributed by atoms with Crippen LogP contribution >= 0.6 is 0 Å². The number of fused-ring (bicyclic) bond motifs is 5. The summed E-state index contributed by atoms with van der Waals surface area (Å²) in [5.41, 5.74) is 11.0. The van der Waals surface area contributed by atoms with Crippen LogP contribution in [-0.2, 0) is 20.1 Å². The van der Waals surface area contributed by atoms with Gasteiger partial charge >= 0.3 is 0 Å². The maximum atomic E-state index is 12.8. The first kappa shape index (κ1) is 27.3. The number of aryl methyl sites for hydroxylation is 3.